The molecule has 34 heteroatoms. The number of pyridine rings is 3. The average molecular weight is 1880 g/mol. The van der Waals surface area contributed by atoms with Crippen molar-refractivity contribution in [1.29, 1.82) is 0 Å². The van der Waals surface area contributed by atoms with E-state index in [1.54, 1.807) is 6.20 Å². The lowest BCUT2D eigenvalue weighted by Gasteiger charge is -2.38. The minimum absolute atomic E-state index is 0.137. The van der Waals surface area contributed by atoms with E-state index in [0.717, 1.165) is 194 Å². The second-order valence-electron chi connectivity index (χ2n) is 36.4. The number of phenolic OH excluding ortho intramolecular Hbond substituents is 4. The van der Waals surface area contributed by atoms with Gasteiger partial charge in [-0.2, -0.15) is 20.4 Å². The number of morpholine rings is 1. The van der Waals surface area contributed by atoms with Gasteiger partial charge in [-0.25, -0.2) is 9.97 Å². The first-order valence-corrected chi connectivity index (χ1v) is 46.4. The summed E-state index contributed by atoms with van der Waals surface area (Å²) in [5.74, 6) is 2.69. The van der Waals surface area contributed by atoms with Crippen LogP contribution in [-0.2, 0) is 56.6 Å². The van der Waals surface area contributed by atoms with E-state index in [9.17, 15) is 39.6 Å². The highest BCUT2D eigenvalue weighted by Gasteiger charge is 2.29. The number of nitrogens with one attached hydrogen (secondary N) is 8. The van der Waals surface area contributed by atoms with Crippen molar-refractivity contribution in [1.82, 2.24) is 65.5 Å². The number of hydrogen-bond acceptors (Lipinski definition) is 25. The first-order chi connectivity index (χ1) is 65.4. The fourth-order valence-electron chi connectivity index (χ4n) is 18.0. The molecule has 0 spiro atoms. The molecule has 7 aromatic heterocycles. The van der Waals surface area contributed by atoms with Gasteiger partial charge in [-0.1, -0.05) is 109 Å². The number of piperazine rings is 2. The molecule has 3 fully saturated rings. The maximum absolute atomic E-state index is 12.3. The lowest BCUT2D eigenvalue weighted by atomic mass is 10.0. The maximum atomic E-state index is 12.3. The summed E-state index contributed by atoms with van der Waals surface area (Å²) < 4.78 is 5.83. The summed E-state index contributed by atoms with van der Waals surface area (Å²) in [6.07, 6.45) is 9.45. The number of aryl methyl sites for hydroxylation is 10. The Morgan fingerprint density at radius 2 is 0.730 bits per heavy atom. The predicted molar refractivity (Wildman–Crippen MR) is 539 cm³/mol. The van der Waals surface area contributed by atoms with E-state index in [-0.39, 0.29) is 18.0 Å². The number of aromatic amines is 4. The first-order valence-electron chi connectivity index (χ1n) is 46.0. The SMILES string of the molecule is Cc1cc(CNc2n[nH]c(Cc3ccc(-c4cccnc4)cc3)c2C(N)=O)cc(C)c1O.Cc1cc(CNc2n[nH]c(Cc3ccc(N4C[C@@H](C)O[C@@H](C)C4)c(Cl)c3)c2C(N)=O)cc(C)c1O.Cc1cc(Cc2[nH]nc(NCc3cc(C)c(O)c(C)c3)c2C(N)=O)cnc1N1CCN(C(C)C)CC1.Cc1cc(Cc2[nH]nc(NCc3cc(C)c(O)c(C)c3)c2C(N)=O)cnc1N1CCN(C)CC1. The van der Waals surface area contributed by atoms with Crippen LogP contribution in [0.3, 0.4) is 0 Å². The summed E-state index contributed by atoms with van der Waals surface area (Å²) in [6.45, 7) is 38.9. The van der Waals surface area contributed by atoms with Crippen molar-refractivity contribution in [3.8, 4) is 34.1 Å². The molecule has 3 aliphatic rings. The lowest BCUT2D eigenvalue weighted by Crippen LogP contribution is -2.49. The monoisotopic (exact) mass is 1880 g/mol. The minimum Gasteiger partial charge on any atom is -0.507 e. The Labute approximate surface area is 804 Å². The van der Waals surface area contributed by atoms with E-state index in [1.807, 2.05) is 177 Å². The van der Waals surface area contributed by atoms with Gasteiger partial charge in [-0.05, 0) is 233 Å². The van der Waals surface area contributed by atoms with E-state index in [0.29, 0.717) is 148 Å². The number of rotatable bonds is 29. The Kier molecular flexibility index (Phi) is 32.6. The smallest absolute Gasteiger partial charge is 0.254 e. The van der Waals surface area contributed by atoms with Gasteiger partial charge in [0.2, 0.25) is 0 Å². The standard InChI is InChI=1S/C27H37N7O2.C26H32ClN5O3.C25H33N7O2.C25H25N5O2/c1-16(2)33-6-8-34(9-7-33)27-19(5)12-21(15-30-27)13-22-23(25(28)36)26(32-31-22)29-14-20-10-17(3)24(35)18(4)11-20;1-14-7-19(8-15(2)24(14)33)11-29-26-23(25(28)34)21(30-31-26)10-18-5-6-22(20(27)9-18)32-12-16(3)35-17(4)13-32;1-15-9-18(10-16(2)22(15)33)13-27-24-21(23(26)34)20(29-30-24)12-19-11-17(3)25(28-14-19)32-7-5-31(4)6-8-32;1-15-10-18(11-16(2)23(15)31)13-28-25-22(24(26)32)21(29-30-25)12-17-5-7-19(8-6-17)20-4-3-9-27-14-20/h10-12,15-16,35H,6-9,13-14H2,1-5H3,(H2,28,36)(H2,29,31,32);5-9,16-17,33H,10-13H2,1-4H3,(H2,28,34)(H2,29,30,31);9-11,14,33H,5-8,12-13H2,1-4H3,(H2,26,34)(H2,27,29,30);3-11,14,31H,12-13H2,1-2H3,(H2,26,32)(H2,28,29,30)/t;16-,17+;;. The zero-order valence-corrected chi connectivity index (χ0v) is 81.4. The number of hydrogen-bond donors (Lipinski definition) is 16. The van der Waals surface area contributed by atoms with Gasteiger partial charge >= 0.3 is 0 Å². The first kappa shape index (κ1) is 99.9. The molecule has 13 aromatic rings. The Morgan fingerprint density at radius 1 is 0.409 bits per heavy atom. The van der Waals surface area contributed by atoms with Crippen molar-refractivity contribution >= 4 is 75.8 Å². The van der Waals surface area contributed by atoms with Crippen LogP contribution in [0.2, 0.25) is 5.02 Å². The van der Waals surface area contributed by atoms with Crippen molar-refractivity contribution in [3.63, 3.8) is 0 Å². The molecule has 720 valence electrons. The van der Waals surface area contributed by atoms with Crippen molar-refractivity contribution in [2.45, 2.75) is 167 Å². The van der Waals surface area contributed by atoms with E-state index in [4.69, 9.17) is 49.2 Å². The van der Waals surface area contributed by atoms with Gasteiger partial charge in [0.05, 0.1) is 45.7 Å². The Morgan fingerprint density at radius 3 is 1.04 bits per heavy atom. The summed E-state index contributed by atoms with van der Waals surface area (Å²) in [5, 5.41) is 82.5. The Bertz CT molecular complexity index is 6370. The number of carbonyl (C=O) groups excluding carboxylic acids is 4. The normalized spacial score (nSPS) is 14.5. The molecule has 3 saturated heterocycles. The topological polar surface area (TPSA) is 480 Å². The molecule has 0 radical (unpaired) electrons. The number of carbonyl (C=O) groups is 4. The zero-order valence-electron chi connectivity index (χ0n) is 80.6. The molecule has 2 atom stereocenters. The molecule has 0 aliphatic carbocycles. The van der Waals surface area contributed by atoms with E-state index >= 15 is 0 Å². The van der Waals surface area contributed by atoms with Crippen LogP contribution in [0.1, 0.15) is 192 Å². The van der Waals surface area contributed by atoms with Crippen LogP contribution in [0, 0.1) is 69.2 Å². The lowest BCUT2D eigenvalue weighted by molar-refractivity contribution is -0.00522. The second kappa shape index (κ2) is 44.7. The predicted octanol–water partition coefficient (Wildman–Crippen LogP) is 14.2. The van der Waals surface area contributed by atoms with Gasteiger partial charge in [-0.3, -0.25) is 49.5 Å². The quantitative estimate of drug-likeness (QED) is 0.0207. The third kappa shape index (κ3) is 25.2. The van der Waals surface area contributed by atoms with Crippen LogP contribution in [0.5, 0.6) is 23.0 Å². The van der Waals surface area contributed by atoms with Crippen molar-refractivity contribution in [3.05, 3.63) is 290 Å². The summed E-state index contributed by atoms with van der Waals surface area (Å²) in [6, 6.07) is 38.0. The summed E-state index contributed by atoms with van der Waals surface area (Å²) in [4.78, 5) is 74.4. The van der Waals surface area contributed by atoms with Gasteiger partial charge < -0.3 is 89.0 Å². The van der Waals surface area contributed by atoms with Crippen LogP contribution in [0.15, 0.2) is 140 Å². The molecule has 20 N–H and O–H groups in total. The summed E-state index contributed by atoms with van der Waals surface area (Å²) in [5.41, 5.74) is 46.4. The number of likely N-dealkylation sites (N-methyl/N-ethyl adjacent to an activating group) is 1. The number of aromatic hydroxyl groups is 4. The molecule has 10 heterocycles. The number of halogens is 1. The van der Waals surface area contributed by atoms with Gasteiger partial charge in [-0.15, -0.1) is 0 Å². The highest BCUT2D eigenvalue weighted by molar-refractivity contribution is 6.33. The number of amides is 4. The maximum Gasteiger partial charge on any atom is 0.254 e. The van der Waals surface area contributed by atoms with Gasteiger partial charge in [0.1, 0.15) is 56.9 Å². The molecular weight excluding hydrogens is 1750 g/mol. The van der Waals surface area contributed by atoms with E-state index in [2.05, 4.69) is 152 Å². The van der Waals surface area contributed by atoms with E-state index in [1.165, 1.54) is 0 Å². The highest BCUT2D eigenvalue weighted by atomic mass is 35.5. The minimum atomic E-state index is -0.562. The average Bonchev–Trinajstić information content (AvgIpc) is 1.76. The molecule has 0 saturated carbocycles. The summed E-state index contributed by atoms with van der Waals surface area (Å²) in [7, 11) is 2.14. The largest absolute Gasteiger partial charge is 0.507 e. The van der Waals surface area contributed by atoms with Crippen molar-refractivity contribution < 1.29 is 44.3 Å². The molecule has 6 aromatic carbocycles. The third-order valence-corrected chi connectivity index (χ3v) is 25.3. The van der Waals surface area contributed by atoms with Crippen LogP contribution in [-0.4, -0.2) is 200 Å². The van der Waals surface area contributed by atoms with Gasteiger partial charge in [0.15, 0.2) is 23.3 Å². The second-order valence-corrected chi connectivity index (χ2v) is 36.8. The Hall–Kier alpha value is -14.5. The zero-order chi connectivity index (χ0) is 98.3. The number of primary amides is 4. The fraction of sp³-hybridized carbons (Fsp3) is 0.350. The molecule has 4 amide bonds. The van der Waals surface area contributed by atoms with Crippen LogP contribution in [0.25, 0.3) is 11.1 Å². The number of nitrogens with two attached hydrogens (primary N) is 4. The Balaban J connectivity index is 0.000000154. The van der Waals surface area contributed by atoms with Gasteiger partial charge in [0.25, 0.3) is 23.6 Å². The molecule has 0 unspecified atom stereocenters. The molecule has 16 rings (SSSR count). The number of anilines is 7. The van der Waals surface area contributed by atoms with Crippen LogP contribution in [0.4, 0.5) is 40.6 Å². The molecular formula is C103H127ClN24O9. The molecule has 3 aliphatic heterocycles. The van der Waals surface area contributed by atoms with Gasteiger partial charge in [0, 0.05) is 148 Å². The van der Waals surface area contributed by atoms with E-state index < -0.39 is 23.6 Å². The number of H-pyrrole nitrogens is 4. The number of ether oxygens (including phenoxy) is 1. The molecule has 0 bridgehead atoms. The van der Waals surface area contributed by atoms with Crippen LogP contribution >= 0.6 is 11.6 Å². The number of phenols is 4. The van der Waals surface area contributed by atoms with Crippen molar-refractivity contribution in [2.75, 3.05) is 108 Å². The fourth-order valence-corrected chi connectivity index (χ4v) is 18.3. The third-order valence-electron chi connectivity index (χ3n) is 25.0. The highest BCUT2D eigenvalue weighted by Crippen LogP contribution is 2.36. The number of aromatic nitrogens is 11. The summed E-state index contributed by atoms with van der Waals surface area (Å²) >= 11 is 6.66. The van der Waals surface area contributed by atoms with Crippen molar-refractivity contribution in [2.24, 2.45) is 22.9 Å². The molecule has 137 heavy (non-hydrogen) atoms. The number of nitrogens with zero attached hydrogens (tertiary/aromatic N) is 12. The number of benzene rings is 6. The molecule has 33 nitrogen and oxygen atoms in total. The van der Waals surface area contributed by atoms with Crippen LogP contribution < -0.4 is 58.9 Å².